The van der Waals surface area contributed by atoms with Crippen molar-refractivity contribution in [2.24, 2.45) is 0 Å². The molecule has 0 unspecified atom stereocenters. The van der Waals surface area contributed by atoms with Crippen LogP contribution in [0.15, 0.2) is 48.5 Å². The monoisotopic (exact) mass is 411 g/mol. The fraction of sp³-hybridized carbons (Fsp3) is 0.417. The molecule has 30 heavy (non-hydrogen) atoms. The first-order valence-corrected chi connectivity index (χ1v) is 10.6. The van der Waals surface area contributed by atoms with Crippen LogP contribution in [0.3, 0.4) is 0 Å². The van der Waals surface area contributed by atoms with Gasteiger partial charge in [-0.05, 0) is 68.9 Å². The lowest BCUT2D eigenvalue weighted by Gasteiger charge is -2.14. The highest BCUT2D eigenvalue weighted by molar-refractivity contribution is 5.91. The summed E-state index contributed by atoms with van der Waals surface area (Å²) in [7, 11) is 0. The molecule has 1 saturated carbocycles. The molecule has 0 atom stereocenters. The summed E-state index contributed by atoms with van der Waals surface area (Å²) in [5.41, 5.74) is 1.70. The molecule has 0 bridgehead atoms. The highest BCUT2D eigenvalue weighted by Crippen LogP contribution is 2.25. The van der Waals surface area contributed by atoms with Gasteiger partial charge in [-0.25, -0.2) is 4.79 Å². The molecule has 0 aliphatic heterocycles. The average Bonchev–Trinajstić information content (AvgIpc) is 3.25. The molecule has 3 rings (SSSR count). The van der Waals surface area contributed by atoms with Crippen LogP contribution in [0.4, 0.5) is 5.69 Å². The van der Waals surface area contributed by atoms with Crippen LogP contribution in [0.1, 0.15) is 44.6 Å². The molecule has 1 aliphatic rings. The highest BCUT2D eigenvalue weighted by Gasteiger charge is 2.16. The quantitative estimate of drug-likeness (QED) is 0.582. The zero-order valence-corrected chi connectivity index (χ0v) is 17.4. The second-order valence-electron chi connectivity index (χ2n) is 7.34. The first-order valence-electron chi connectivity index (χ1n) is 10.6. The first kappa shape index (κ1) is 21.7. The minimum Gasteiger partial charge on any atom is -0.490 e. The van der Waals surface area contributed by atoms with Crippen LogP contribution in [-0.2, 0) is 20.7 Å². The highest BCUT2D eigenvalue weighted by atomic mass is 16.6. The lowest BCUT2D eigenvalue weighted by molar-refractivity contribution is -0.145. The number of nitrogens with one attached hydrogen (secondary N) is 1. The van der Waals surface area contributed by atoms with Crippen LogP contribution < -0.4 is 14.8 Å². The summed E-state index contributed by atoms with van der Waals surface area (Å²) in [5, 5.41) is 2.87. The number of ether oxygens (including phenoxy) is 3. The van der Waals surface area contributed by atoms with Crippen LogP contribution in [-0.4, -0.2) is 31.2 Å². The van der Waals surface area contributed by atoms with E-state index in [2.05, 4.69) is 5.32 Å². The number of esters is 1. The number of hydrogen-bond donors (Lipinski definition) is 1. The lowest BCUT2D eigenvalue weighted by Crippen LogP contribution is -2.15. The fourth-order valence-corrected chi connectivity index (χ4v) is 3.46. The summed E-state index contributed by atoms with van der Waals surface area (Å²) < 4.78 is 16.3. The Morgan fingerprint density at radius 3 is 2.60 bits per heavy atom. The number of hydrogen-bond acceptors (Lipinski definition) is 5. The van der Waals surface area contributed by atoms with Crippen molar-refractivity contribution in [3.05, 3.63) is 54.1 Å². The fourth-order valence-electron chi connectivity index (χ4n) is 3.46. The van der Waals surface area contributed by atoms with Crippen molar-refractivity contribution in [1.82, 2.24) is 0 Å². The summed E-state index contributed by atoms with van der Waals surface area (Å²) in [6.07, 6.45) is 6.03. The van der Waals surface area contributed by atoms with E-state index in [1.54, 1.807) is 31.2 Å². The molecule has 160 valence electrons. The zero-order chi connectivity index (χ0) is 21.2. The second-order valence-corrected chi connectivity index (χ2v) is 7.34. The summed E-state index contributed by atoms with van der Waals surface area (Å²) in [6, 6.07) is 14.9. The van der Waals surface area contributed by atoms with Gasteiger partial charge in [-0.2, -0.15) is 0 Å². The van der Waals surface area contributed by atoms with E-state index in [0.29, 0.717) is 37.0 Å². The number of carbonyl (C=O) groups is 2. The molecule has 0 saturated heterocycles. The molecule has 1 aliphatic carbocycles. The Balaban J connectivity index is 1.46. The van der Waals surface area contributed by atoms with E-state index < -0.39 is 5.97 Å². The van der Waals surface area contributed by atoms with Gasteiger partial charge in [0.2, 0.25) is 5.91 Å². The predicted molar refractivity (Wildman–Crippen MR) is 115 cm³/mol. The summed E-state index contributed by atoms with van der Waals surface area (Å²) in [5.74, 6) is 0.870. The molecule has 0 spiro atoms. The topological polar surface area (TPSA) is 73.9 Å². The van der Waals surface area contributed by atoms with Crippen molar-refractivity contribution in [2.75, 3.05) is 18.5 Å². The molecular formula is C24H29NO5. The third-order valence-corrected chi connectivity index (χ3v) is 4.92. The first-order chi connectivity index (χ1) is 14.6. The Kier molecular flexibility index (Phi) is 8.12. The number of anilines is 1. The van der Waals surface area contributed by atoms with Gasteiger partial charge in [0, 0.05) is 18.2 Å². The molecule has 1 N–H and O–H groups in total. The van der Waals surface area contributed by atoms with E-state index in [4.69, 9.17) is 14.2 Å². The van der Waals surface area contributed by atoms with Crippen molar-refractivity contribution in [3.8, 4) is 11.5 Å². The maximum Gasteiger partial charge on any atom is 0.344 e. The Bertz CT molecular complexity index is 845. The van der Waals surface area contributed by atoms with Gasteiger partial charge in [-0.15, -0.1) is 0 Å². The largest absolute Gasteiger partial charge is 0.490 e. The molecular weight excluding hydrogens is 382 g/mol. The zero-order valence-electron chi connectivity index (χ0n) is 17.4. The van der Waals surface area contributed by atoms with Gasteiger partial charge in [0.25, 0.3) is 0 Å². The molecule has 1 amide bonds. The van der Waals surface area contributed by atoms with Crippen molar-refractivity contribution < 1.29 is 23.8 Å². The molecule has 6 nitrogen and oxygen atoms in total. The second kappa shape index (κ2) is 11.2. The maximum absolute atomic E-state index is 12.4. The molecule has 0 radical (unpaired) electrons. The number of carbonyl (C=O) groups excluding carboxylic acids is 2. The Morgan fingerprint density at radius 1 is 1.03 bits per heavy atom. The maximum atomic E-state index is 12.4. The SMILES string of the molecule is CCOC(=O)COc1cccc(NC(=O)CCc2cccc(OC3CCCC3)c2)c1. The normalized spacial score (nSPS) is 13.6. The Morgan fingerprint density at radius 2 is 1.80 bits per heavy atom. The van der Waals surface area contributed by atoms with Crippen molar-refractivity contribution in [3.63, 3.8) is 0 Å². The van der Waals surface area contributed by atoms with Crippen LogP contribution in [0.25, 0.3) is 0 Å². The van der Waals surface area contributed by atoms with E-state index >= 15 is 0 Å². The summed E-state index contributed by atoms with van der Waals surface area (Å²) in [6.45, 7) is 1.89. The van der Waals surface area contributed by atoms with Gasteiger partial charge < -0.3 is 19.5 Å². The number of benzene rings is 2. The van der Waals surface area contributed by atoms with Gasteiger partial charge in [0.05, 0.1) is 12.7 Å². The van der Waals surface area contributed by atoms with E-state index in [1.807, 2.05) is 24.3 Å². The van der Waals surface area contributed by atoms with Crippen LogP contribution in [0.2, 0.25) is 0 Å². The third-order valence-electron chi connectivity index (χ3n) is 4.92. The van der Waals surface area contributed by atoms with E-state index in [0.717, 1.165) is 24.2 Å². The van der Waals surface area contributed by atoms with Crippen LogP contribution in [0, 0.1) is 0 Å². The van der Waals surface area contributed by atoms with Crippen LogP contribution >= 0.6 is 0 Å². The van der Waals surface area contributed by atoms with E-state index in [9.17, 15) is 9.59 Å². The van der Waals surface area contributed by atoms with Gasteiger partial charge in [-0.1, -0.05) is 18.2 Å². The third kappa shape index (κ3) is 7.10. The predicted octanol–water partition coefficient (Wildman–Crippen LogP) is 4.52. The van der Waals surface area contributed by atoms with Crippen LogP contribution in [0.5, 0.6) is 11.5 Å². The van der Waals surface area contributed by atoms with Gasteiger partial charge in [0.15, 0.2) is 6.61 Å². The molecule has 0 aromatic heterocycles. The number of amides is 1. The van der Waals surface area contributed by atoms with Crippen molar-refractivity contribution in [1.29, 1.82) is 0 Å². The van der Waals surface area contributed by atoms with Gasteiger partial charge in [0.1, 0.15) is 11.5 Å². The Hall–Kier alpha value is -3.02. The average molecular weight is 411 g/mol. The number of aryl methyl sites for hydroxylation is 1. The molecule has 0 heterocycles. The van der Waals surface area contributed by atoms with Gasteiger partial charge in [-0.3, -0.25) is 4.79 Å². The number of rotatable bonds is 10. The lowest BCUT2D eigenvalue weighted by atomic mass is 10.1. The van der Waals surface area contributed by atoms with Crippen molar-refractivity contribution in [2.45, 2.75) is 51.6 Å². The van der Waals surface area contributed by atoms with E-state index in [-0.39, 0.29) is 12.5 Å². The van der Waals surface area contributed by atoms with Crippen molar-refractivity contribution >= 4 is 17.6 Å². The van der Waals surface area contributed by atoms with Gasteiger partial charge >= 0.3 is 5.97 Å². The minimum atomic E-state index is -0.425. The minimum absolute atomic E-state index is 0.0837. The van der Waals surface area contributed by atoms with E-state index in [1.165, 1.54) is 12.8 Å². The molecule has 2 aromatic rings. The Labute approximate surface area is 177 Å². The molecule has 1 fully saturated rings. The smallest absolute Gasteiger partial charge is 0.344 e. The molecule has 6 heteroatoms. The summed E-state index contributed by atoms with van der Waals surface area (Å²) >= 11 is 0. The summed E-state index contributed by atoms with van der Waals surface area (Å²) in [4.78, 5) is 23.7. The molecule has 2 aromatic carbocycles. The standard InChI is InChI=1S/C24H29NO5/c1-2-28-24(27)17-29-21-11-6-8-19(16-21)25-23(26)14-13-18-7-5-12-22(15-18)30-20-9-3-4-10-20/h5-8,11-12,15-16,20H,2-4,9-10,13-14,17H2,1H3,(H,25,26).